The van der Waals surface area contributed by atoms with Crippen molar-refractivity contribution in [2.45, 2.75) is 19.8 Å². The Labute approximate surface area is 114 Å². The fraction of sp³-hybridized carbons (Fsp3) is 0.214. The predicted octanol–water partition coefficient (Wildman–Crippen LogP) is 2.28. The van der Waals surface area contributed by atoms with Crippen molar-refractivity contribution in [1.29, 1.82) is 5.26 Å². The van der Waals surface area contributed by atoms with Crippen LogP contribution >= 0.6 is 0 Å². The molecule has 1 N–H and O–H groups in total. The van der Waals surface area contributed by atoms with E-state index in [1.165, 1.54) is 10.7 Å². The van der Waals surface area contributed by atoms with Gasteiger partial charge in [-0.3, -0.25) is 4.79 Å². The van der Waals surface area contributed by atoms with Gasteiger partial charge in [-0.1, -0.05) is 13.8 Å². The summed E-state index contributed by atoms with van der Waals surface area (Å²) in [6, 6.07) is 3.80. The van der Waals surface area contributed by atoms with Crippen molar-refractivity contribution >= 4 is 5.65 Å². The van der Waals surface area contributed by atoms with Gasteiger partial charge in [-0.15, -0.1) is 0 Å². The lowest BCUT2D eigenvalue weighted by Gasteiger charge is -2.11. The Morgan fingerprint density at radius 2 is 2.30 bits per heavy atom. The Balaban J connectivity index is 2.46. The van der Waals surface area contributed by atoms with Crippen LogP contribution in [0.2, 0.25) is 0 Å². The zero-order valence-electron chi connectivity index (χ0n) is 11.0. The van der Waals surface area contributed by atoms with Gasteiger partial charge in [-0.2, -0.15) is 14.9 Å². The van der Waals surface area contributed by atoms with Crippen LogP contribution in [0.5, 0.6) is 0 Å². The third kappa shape index (κ3) is 1.64. The minimum absolute atomic E-state index is 0.0165. The first kappa shape index (κ1) is 12.2. The molecule has 0 aliphatic carbocycles. The molecule has 6 nitrogen and oxygen atoms in total. The Morgan fingerprint density at radius 3 is 2.90 bits per heavy atom. The number of nitrogens with zero attached hydrogens (tertiary/aromatic N) is 3. The number of nitriles is 1. The van der Waals surface area contributed by atoms with Crippen LogP contribution in [-0.2, 0) is 0 Å². The number of aromatic amines is 1. The highest BCUT2D eigenvalue weighted by Gasteiger charge is 2.19. The van der Waals surface area contributed by atoms with E-state index in [0.717, 1.165) is 5.56 Å². The highest BCUT2D eigenvalue weighted by atomic mass is 16.3. The van der Waals surface area contributed by atoms with E-state index in [0.29, 0.717) is 22.5 Å². The molecule has 0 radical (unpaired) electrons. The van der Waals surface area contributed by atoms with Crippen LogP contribution in [0.1, 0.15) is 30.9 Å². The molecule has 3 aromatic heterocycles. The molecule has 3 heterocycles. The van der Waals surface area contributed by atoms with Gasteiger partial charge >= 0.3 is 0 Å². The van der Waals surface area contributed by atoms with Crippen molar-refractivity contribution in [1.82, 2.24) is 14.6 Å². The zero-order chi connectivity index (χ0) is 14.3. The van der Waals surface area contributed by atoms with Crippen molar-refractivity contribution in [3.63, 3.8) is 0 Å². The van der Waals surface area contributed by atoms with Crippen molar-refractivity contribution in [3.8, 4) is 17.3 Å². The van der Waals surface area contributed by atoms with E-state index in [2.05, 4.69) is 10.1 Å². The van der Waals surface area contributed by atoms with Gasteiger partial charge in [0, 0.05) is 11.1 Å². The average molecular weight is 268 g/mol. The van der Waals surface area contributed by atoms with Crippen LogP contribution in [0.3, 0.4) is 0 Å². The zero-order valence-corrected chi connectivity index (χ0v) is 11.0. The molecule has 0 spiro atoms. The number of furan rings is 1. The summed E-state index contributed by atoms with van der Waals surface area (Å²) in [6.07, 6.45) is 4.50. The Hall–Kier alpha value is -2.81. The predicted molar refractivity (Wildman–Crippen MR) is 72.3 cm³/mol. The summed E-state index contributed by atoms with van der Waals surface area (Å²) in [6.45, 7) is 3.88. The molecular formula is C14H12N4O2. The maximum absolute atomic E-state index is 12.6. The summed E-state index contributed by atoms with van der Waals surface area (Å²) < 4.78 is 6.32. The number of nitrogens with one attached hydrogen (secondary N) is 1. The van der Waals surface area contributed by atoms with Crippen molar-refractivity contribution in [3.05, 3.63) is 46.3 Å². The SMILES string of the molecule is CC(C)c1c(-c2ccoc2)[nH]c2c(C#N)cnn2c1=O. The summed E-state index contributed by atoms with van der Waals surface area (Å²) in [5, 5.41) is 13.1. The van der Waals surface area contributed by atoms with Crippen LogP contribution in [0.25, 0.3) is 16.9 Å². The van der Waals surface area contributed by atoms with E-state index < -0.39 is 0 Å². The molecular weight excluding hydrogens is 256 g/mol. The smallest absolute Gasteiger partial charge is 0.278 e. The lowest BCUT2D eigenvalue weighted by Crippen LogP contribution is -2.22. The molecule has 0 bridgehead atoms. The second-order valence-corrected chi connectivity index (χ2v) is 4.82. The van der Waals surface area contributed by atoms with Gasteiger partial charge in [0.05, 0.1) is 24.4 Å². The van der Waals surface area contributed by atoms with E-state index in [1.54, 1.807) is 18.6 Å². The van der Waals surface area contributed by atoms with Gasteiger partial charge in [0.2, 0.25) is 0 Å². The van der Waals surface area contributed by atoms with Crippen molar-refractivity contribution in [2.24, 2.45) is 0 Å². The fourth-order valence-corrected chi connectivity index (χ4v) is 2.28. The maximum atomic E-state index is 12.6. The van der Waals surface area contributed by atoms with Gasteiger partial charge in [-0.25, -0.2) is 0 Å². The van der Waals surface area contributed by atoms with Crippen LogP contribution in [0, 0.1) is 11.3 Å². The van der Waals surface area contributed by atoms with E-state index in [-0.39, 0.29) is 11.5 Å². The standard InChI is InChI=1S/C14H12N4O2/c1-8(2)11-12(9-3-4-20-7-9)17-13-10(5-15)6-16-18(13)14(11)19/h3-4,6-8,17H,1-2H3. The van der Waals surface area contributed by atoms with Gasteiger partial charge in [0.15, 0.2) is 5.65 Å². The van der Waals surface area contributed by atoms with Crippen LogP contribution in [0.4, 0.5) is 0 Å². The van der Waals surface area contributed by atoms with Crippen LogP contribution in [-0.4, -0.2) is 14.6 Å². The average Bonchev–Trinajstić information content (AvgIpc) is 3.07. The number of rotatable bonds is 2. The van der Waals surface area contributed by atoms with Crippen LogP contribution in [0.15, 0.2) is 34.0 Å². The van der Waals surface area contributed by atoms with Crippen LogP contribution < -0.4 is 5.56 Å². The van der Waals surface area contributed by atoms with Gasteiger partial charge < -0.3 is 9.40 Å². The second-order valence-electron chi connectivity index (χ2n) is 4.82. The van der Waals surface area contributed by atoms with Gasteiger partial charge in [0.1, 0.15) is 11.6 Å². The number of hydrogen-bond donors (Lipinski definition) is 1. The summed E-state index contributed by atoms with van der Waals surface area (Å²) in [5.74, 6) is 0.0165. The number of H-pyrrole nitrogens is 1. The molecule has 0 aliphatic heterocycles. The number of hydrogen-bond acceptors (Lipinski definition) is 4. The maximum Gasteiger partial charge on any atom is 0.278 e. The van der Waals surface area contributed by atoms with E-state index in [4.69, 9.17) is 9.68 Å². The van der Waals surface area contributed by atoms with Crippen molar-refractivity contribution < 1.29 is 4.42 Å². The molecule has 6 heteroatoms. The van der Waals surface area contributed by atoms with Gasteiger partial charge in [-0.05, 0) is 12.0 Å². The molecule has 0 saturated carbocycles. The summed E-state index contributed by atoms with van der Waals surface area (Å²) >= 11 is 0. The summed E-state index contributed by atoms with van der Waals surface area (Å²) in [5.41, 5.74) is 2.58. The molecule has 20 heavy (non-hydrogen) atoms. The van der Waals surface area contributed by atoms with Gasteiger partial charge in [0.25, 0.3) is 5.56 Å². The third-order valence-corrected chi connectivity index (χ3v) is 3.21. The second kappa shape index (κ2) is 4.38. The largest absolute Gasteiger partial charge is 0.472 e. The molecule has 100 valence electrons. The van der Waals surface area contributed by atoms with E-state index in [9.17, 15) is 4.79 Å². The molecule has 0 fully saturated rings. The third-order valence-electron chi connectivity index (χ3n) is 3.21. The molecule has 0 atom stereocenters. The summed E-state index contributed by atoms with van der Waals surface area (Å²) in [7, 11) is 0. The highest BCUT2D eigenvalue weighted by Crippen LogP contribution is 2.26. The first-order valence-corrected chi connectivity index (χ1v) is 6.20. The lowest BCUT2D eigenvalue weighted by molar-refractivity contribution is 0.568. The fourth-order valence-electron chi connectivity index (χ4n) is 2.28. The molecule has 3 rings (SSSR count). The minimum Gasteiger partial charge on any atom is -0.472 e. The molecule has 0 unspecified atom stereocenters. The molecule has 3 aromatic rings. The first-order valence-electron chi connectivity index (χ1n) is 6.20. The molecule has 0 saturated heterocycles. The van der Waals surface area contributed by atoms with E-state index >= 15 is 0 Å². The van der Waals surface area contributed by atoms with E-state index in [1.807, 2.05) is 19.9 Å². The topological polar surface area (TPSA) is 87.1 Å². The molecule has 0 aliphatic rings. The Bertz CT molecular complexity index is 863. The monoisotopic (exact) mass is 268 g/mol. The Morgan fingerprint density at radius 1 is 1.50 bits per heavy atom. The molecule has 0 aromatic carbocycles. The lowest BCUT2D eigenvalue weighted by atomic mass is 10.00. The Kier molecular flexibility index (Phi) is 2.68. The number of aromatic nitrogens is 3. The summed E-state index contributed by atoms with van der Waals surface area (Å²) in [4.78, 5) is 15.7. The molecule has 0 amide bonds. The number of fused-ring (bicyclic) bond motifs is 1. The minimum atomic E-state index is -0.216. The normalized spacial score (nSPS) is 11.1. The first-order chi connectivity index (χ1) is 9.63. The quantitative estimate of drug-likeness (QED) is 0.772. The van der Waals surface area contributed by atoms with Crippen molar-refractivity contribution in [2.75, 3.05) is 0 Å². The highest BCUT2D eigenvalue weighted by molar-refractivity contribution is 5.67.